The Morgan fingerprint density at radius 3 is 2.24 bits per heavy atom. The minimum Gasteiger partial charge on any atom is -0.506 e. The highest BCUT2D eigenvalue weighted by Crippen LogP contribution is 2.34. The van der Waals surface area contributed by atoms with Crippen LogP contribution >= 0.6 is 31.9 Å². The molecule has 162 valence electrons. The molecule has 1 aromatic carbocycles. The molecule has 2 saturated heterocycles. The minimum atomic E-state index is -0.471. The van der Waals surface area contributed by atoms with Crippen LogP contribution in [0.15, 0.2) is 21.1 Å². The topological polar surface area (TPSA) is 64.0 Å². The lowest BCUT2D eigenvalue weighted by molar-refractivity contribution is -0.136. The predicted molar refractivity (Wildman–Crippen MR) is 122 cm³/mol. The Morgan fingerprint density at radius 1 is 1.17 bits per heavy atom. The zero-order chi connectivity index (χ0) is 21.2. The quantitative estimate of drug-likeness (QED) is 0.593. The Morgan fingerprint density at radius 2 is 1.72 bits per heavy atom. The van der Waals surface area contributed by atoms with E-state index in [-0.39, 0.29) is 17.6 Å². The standard InChI is InChI=1S/C22H32Br2N2O3/c1-3-22(29)6-10-25(11-7-22)17-4-8-26(9-5-17)21(28)15(2)12-16-13-18(23)20(27)19(24)14-16/h13-15,17,27,29H,3-12H2,1-2H3/t15-/m1/s1. The molecule has 0 aliphatic carbocycles. The summed E-state index contributed by atoms with van der Waals surface area (Å²) in [6, 6.07) is 4.29. The van der Waals surface area contributed by atoms with Gasteiger partial charge in [0.05, 0.1) is 14.5 Å². The number of carbonyl (C=O) groups excluding carboxylic acids is 1. The molecule has 0 aromatic heterocycles. The van der Waals surface area contributed by atoms with Crippen molar-refractivity contribution in [2.45, 2.75) is 64.0 Å². The highest BCUT2D eigenvalue weighted by molar-refractivity contribution is 9.11. The fourth-order valence-corrected chi connectivity index (χ4v) is 5.88. The molecular weight excluding hydrogens is 500 g/mol. The van der Waals surface area contributed by atoms with Crippen molar-refractivity contribution < 1.29 is 15.0 Å². The number of hydrogen-bond acceptors (Lipinski definition) is 4. The Bertz CT molecular complexity index is 704. The molecule has 2 fully saturated rings. The highest BCUT2D eigenvalue weighted by Gasteiger charge is 2.35. The molecule has 1 atom stereocenters. The second kappa shape index (κ2) is 9.67. The van der Waals surface area contributed by atoms with E-state index in [0.717, 1.165) is 63.8 Å². The van der Waals surface area contributed by atoms with Crippen molar-refractivity contribution in [3.8, 4) is 5.75 Å². The largest absolute Gasteiger partial charge is 0.506 e. The molecular formula is C22H32Br2N2O3. The summed E-state index contributed by atoms with van der Waals surface area (Å²) < 4.78 is 1.28. The van der Waals surface area contributed by atoms with E-state index in [9.17, 15) is 15.0 Å². The van der Waals surface area contributed by atoms with Gasteiger partial charge >= 0.3 is 0 Å². The van der Waals surface area contributed by atoms with Gasteiger partial charge in [0.25, 0.3) is 0 Å². The summed E-state index contributed by atoms with van der Waals surface area (Å²) in [6.45, 7) is 7.60. The van der Waals surface area contributed by atoms with E-state index < -0.39 is 5.60 Å². The van der Waals surface area contributed by atoms with Crippen molar-refractivity contribution in [1.82, 2.24) is 9.80 Å². The Kier molecular flexibility index (Phi) is 7.68. The van der Waals surface area contributed by atoms with Crippen molar-refractivity contribution in [3.63, 3.8) is 0 Å². The van der Waals surface area contributed by atoms with Gasteiger partial charge in [-0.25, -0.2) is 0 Å². The van der Waals surface area contributed by atoms with E-state index in [1.54, 1.807) is 0 Å². The van der Waals surface area contributed by atoms with Crippen LogP contribution in [0, 0.1) is 5.92 Å². The van der Waals surface area contributed by atoms with E-state index >= 15 is 0 Å². The number of likely N-dealkylation sites (tertiary alicyclic amines) is 2. The van der Waals surface area contributed by atoms with Crippen molar-refractivity contribution in [2.24, 2.45) is 5.92 Å². The average Bonchev–Trinajstić information content (AvgIpc) is 2.72. The summed E-state index contributed by atoms with van der Waals surface area (Å²) in [6.07, 6.45) is 5.23. The molecule has 7 heteroatoms. The van der Waals surface area contributed by atoms with Crippen LogP contribution < -0.4 is 0 Å². The predicted octanol–water partition coefficient (Wildman–Crippen LogP) is 4.32. The number of nitrogens with zero attached hydrogens (tertiary/aromatic N) is 2. The monoisotopic (exact) mass is 530 g/mol. The van der Waals surface area contributed by atoms with Gasteiger partial charge in [-0.05, 0) is 88.1 Å². The van der Waals surface area contributed by atoms with Gasteiger partial charge in [0, 0.05) is 38.1 Å². The first-order valence-corrected chi connectivity index (χ1v) is 12.2. The molecule has 2 aliphatic rings. The van der Waals surface area contributed by atoms with E-state index in [4.69, 9.17) is 0 Å². The molecule has 0 saturated carbocycles. The van der Waals surface area contributed by atoms with Gasteiger partial charge in [-0.15, -0.1) is 0 Å². The van der Waals surface area contributed by atoms with Crippen molar-refractivity contribution in [3.05, 3.63) is 26.6 Å². The van der Waals surface area contributed by atoms with Crippen LogP contribution in [0.25, 0.3) is 0 Å². The van der Waals surface area contributed by atoms with Crippen molar-refractivity contribution in [1.29, 1.82) is 0 Å². The van der Waals surface area contributed by atoms with Gasteiger partial charge < -0.3 is 20.0 Å². The molecule has 1 aromatic rings. The lowest BCUT2D eigenvalue weighted by atomic mass is 9.87. The molecule has 29 heavy (non-hydrogen) atoms. The molecule has 3 rings (SSSR count). The number of piperidine rings is 2. The fraction of sp³-hybridized carbons (Fsp3) is 0.682. The Balaban J connectivity index is 1.50. The van der Waals surface area contributed by atoms with Crippen LogP contribution in [0.5, 0.6) is 5.75 Å². The SMILES string of the molecule is CCC1(O)CCN(C2CCN(C(=O)[C@H](C)Cc3cc(Br)c(O)c(Br)c3)CC2)CC1. The van der Waals surface area contributed by atoms with Gasteiger partial charge in [0.1, 0.15) is 5.75 Å². The first kappa shape index (κ1) is 23.0. The Hall–Kier alpha value is -0.630. The maximum Gasteiger partial charge on any atom is 0.225 e. The summed E-state index contributed by atoms with van der Waals surface area (Å²) in [5.41, 5.74) is 0.551. The van der Waals surface area contributed by atoms with Crippen molar-refractivity contribution in [2.75, 3.05) is 26.2 Å². The molecule has 0 spiro atoms. The highest BCUT2D eigenvalue weighted by atomic mass is 79.9. The zero-order valence-electron chi connectivity index (χ0n) is 17.3. The number of phenols is 1. The van der Waals surface area contributed by atoms with Gasteiger partial charge in [0.2, 0.25) is 5.91 Å². The maximum atomic E-state index is 13.0. The van der Waals surface area contributed by atoms with Gasteiger partial charge in [-0.1, -0.05) is 13.8 Å². The van der Waals surface area contributed by atoms with Gasteiger partial charge in [-0.2, -0.15) is 0 Å². The Labute approximate surface area is 190 Å². The molecule has 0 radical (unpaired) electrons. The summed E-state index contributed by atoms with van der Waals surface area (Å²) in [5.74, 6) is 0.303. The van der Waals surface area contributed by atoms with E-state index in [1.807, 2.05) is 24.0 Å². The smallest absolute Gasteiger partial charge is 0.225 e. The first-order valence-electron chi connectivity index (χ1n) is 10.6. The summed E-state index contributed by atoms with van der Waals surface area (Å²) in [7, 11) is 0. The number of halogens is 2. The normalized spacial score (nSPS) is 21.9. The minimum absolute atomic E-state index is 0.0931. The number of amides is 1. The number of phenolic OH excluding ortho intramolecular Hbond substituents is 1. The molecule has 0 unspecified atom stereocenters. The summed E-state index contributed by atoms with van der Waals surface area (Å²) in [5, 5.41) is 20.3. The van der Waals surface area contributed by atoms with Crippen LogP contribution in [0.2, 0.25) is 0 Å². The van der Waals surface area contributed by atoms with E-state index in [2.05, 4.69) is 43.7 Å². The first-order chi connectivity index (χ1) is 13.7. The van der Waals surface area contributed by atoms with Gasteiger partial charge in [-0.3, -0.25) is 4.79 Å². The molecule has 1 amide bonds. The third kappa shape index (κ3) is 5.54. The number of rotatable bonds is 5. The number of carbonyl (C=O) groups is 1. The third-order valence-corrected chi connectivity index (χ3v) is 7.93. The number of aromatic hydroxyl groups is 1. The summed E-state index contributed by atoms with van der Waals surface area (Å²) >= 11 is 6.72. The van der Waals surface area contributed by atoms with Gasteiger partial charge in [0.15, 0.2) is 0 Å². The van der Waals surface area contributed by atoms with Crippen LogP contribution in [-0.2, 0) is 11.2 Å². The molecule has 2 aliphatic heterocycles. The number of aliphatic hydroxyl groups is 1. The molecule has 5 nitrogen and oxygen atoms in total. The molecule has 2 N–H and O–H groups in total. The van der Waals surface area contributed by atoms with Crippen LogP contribution in [0.1, 0.15) is 51.5 Å². The average molecular weight is 532 g/mol. The maximum absolute atomic E-state index is 13.0. The molecule has 0 bridgehead atoms. The zero-order valence-corrected chi connectivity index (χ0v) is 20.5. The van der Waals surface area contributed by atoms with E-state index in [1.165, 1.54) is 0 Å². The second-order valence-corrected chi connectivity index (χ2v) is 10.4. The van der Waals surface area contributed by atoms with E-state index in [0.29, 0.717) is 21.4 Å². The summed E-state index contributed by atoms with van der Waals surface area (Å²) in [4.78, 5) is 17.5. The third-order valence-electron chi connectivity index (χ3n) is 6.72. The second-order valence-electron chi connectivity index (χ2n) is 8.68. The van der Waals surface area contributed by atoms with Crippen LogP contribution in [0.3, 0.4) is 0 Å². The molecule has 2 heterocycles. The van der Waals surface area contributed by atoms with Crippen LogP contribution in [0.4, 0.5) is 0 Å². The number of hydrogen-bond donors (Lipinski definition) is 2. The van der Waals surface area contributed by atoms with Crippen LogP contribution in [-0.4, -0.2) is 63.7 Å². The lowest BCUT2D eigenvalue weighted by Crippen LogP contribution is -2.52. The van der Waals surface area contributed by atoms with Crippen molar-refractivity contribution >= 4 is 37.8 Å². The number of benzene rings is 1. The lowest BCUT2D eigenvalue weighted by Gasteiger charge is -2.44. The fourth-order valence-electron chi connectivity index (χ4n) is 4.60.